The smallest absolute Gasteiger partial charge is 0.303 e. The molecule has 4 nitrogen and oxygen atoms in total. The minimum atomic E-state index is -0.928. The van der Waals surface area contributed by atoms with Gasteiger partial charge < -0.3 is 10.4 Å². The number of carbonyl (C=O) groups excluding carboxylic acids is 1. The summed E-state index contributed by atoms with van der Waals surface area (Å²) >= 11 is 0. The number of carbonyl (C=O) groups is 2. The van der Waals surface area contributed by atoms with Gasteiger partial charge in [0.15, 0.2) is 0 Å². The van der Waals surface area contributed by atoms with Gasteiger partial charge in [-0.25, -0.2) is 4.39 Å². The van der Waals surface area contributed by atoms with E-state index >= 15 is 0 Å². The Kier molecular flexibility index (Phi) is 3.99. The first-order chi connectivity index (χ1) is 7.54. The highest BCUT2D eigenvalue weighted by Gasteiger charge is 2.12. The van der Waals surface area contributed by atoms with Crippen molar-refractivity contribution in [1.29, 1.82) is 0 Å². The van der Waals surface area contributed by atoms with Crippen LogP contribution in [0.15, 0.2) is 18.2 Å². The summed E-state index contributed by atoms with van der Waals surface area (Å²) in [5, 5.41) is 10.8. The molecule has 86 valence electrons. The molecule has 0 saturated heterocycles. The van der Waals surface area contributed by atoms with Crippen LogP contribution in [-0.4, -0.2) is 17.5 Å². The highest BCUT2D eigenvalue weighted by Crippen LogP contribution is 2.23. The summed E-state index contributed by atoms with van der Waals surface area (Å²) in [7, 11) is 0. The summed E-state index contributed by atoms with van der Waals surface area (Å²) in [5.41, 5.74) is 0.678. The molecule has 5 heteroatoms. The first kappa shape index (κ1) is 12.2. The molecule has 0 radical (unpaired) electrons. The van der Waals surface area contributed by atoms with Gasteiger partial charge in [-0.05, 0) is 23.6 Å². The van der Waals surface area contributed by atoms with Crippen molar-refractivity contribution in [3.05, 3.63) is 29.6 Å². The second kappa shape index (κ2) is 5.25. The fraction of sp³-hybridized carbons (Fsp3) is 0.273. The Labute approximate surface area is 92.1 Å². The summed E-state index contributed by atoms with van der Waals surface area (Å²) in [6.07, 6.45) is 0.332. The van der Waals surface area contributed by atoms with E-state index in [2.05, 4.69) is 5.32 Å². The first-order valence-corrected chi connectivity index (χ1v) is 4.76. The van der Waals surface area contributed by atoms with Crippen LogP contribution in [0.5, 0.6) is 0 Å². The average Bonchev–Trinajstić information content (AvgIpc) is 2.20. The van der Waals surface area contributed by atoms with Crippen LogP contribution in [0.4, 0.5) is 10.1 Å². The third kappa shape index (κ3) is 3.05. The molecule has 1 aromatic rings. The van der Waals surface area contributed by atoms with Crippen LogP contribution in [0.2, 0.25) is 0 Å². The van der Waals surface area contributed by atoms with Crippen LogP contribution in [0.1, 0.15) is 24.8 Å². The third-order valence-corrected chi connectivity index (χ3v) is 2.26. The maximum absolute atomic E-state index is 13.4. The van der Waals surface area contributed by atoms with E-state index in [0.717, 1.165) is 0 Å². The van der Waals surface area contributed by atoms with Gasteiger partial charge in [0.05, 0.1) is 12.1 Å². The van der Waals surface area contributed by atoms with Crippen molar-refractivity contribution in [2.45, 2.75) is 19.3 Å². The molecule has 0 fully saturated rings. The minimum Gasteiger partial charge on any atom is -0.481 e. The van der Waals surface area contributed by atoms with Crippen LogP contribution in [0.25, 0.3) is 0 Å². The molecule has 0 bridgehead atoms. The van der Waals surface area contributed by atoms with E-state index in [4.69, 9.17) is 5.11 Å². The maximum Gasteiger partial charge on any atom is 0.303 e. The molecule has 0 heterocycles. The number of rotatable bonds is 5. The number of hydrogen-bond acceptors (Lipinski definition) is 2. The van der Waals surface area contributed by atoms with Crippen molar-refractivity contribution >= 4 is 18.1 Å². The van der Waals surface area contributed by atoms with Crippen LogP contribution in [0.3, 0.4) is 0 Å². The third-order valence-electron chi connectivity index (χ3n) is 2.26. The largest absolute Gasteiger partial charge is 0.481 e. The van der Waals surface area contributed by atoms with Gasteiger partial charge in [0.1, 0.15) is 5.82 Å². The number of benzene rings is 1. The van der Waals surface area contributed by atoms with Gasteiger partial charge in [-0.15, -0.1) is 0 Å². The fourth-order valence-corrected chi connectivity index (χ4v) is 1.40. The molecular formula is C11H12FNO3. The lowest BCUT2D eigenvalue weighted by Gasteiger charge is -2.10. The molecule has 1 rings (SSSR count). The number of carboxylic acid groups (broad SMARTS) is 1. The zero-order valence-corrected chi connectivity index (χ0v) is 8.74. The molecule has 1 aromatic carbocycles. The number of carboxylic acids is 1. The molecule has 0 aliphatic rings. The zero-order chi connectivity index (χ0) is 12.1. The molecule has 0 aromatic heterocycles. The van der Waals surface area contributed by atoms with E-state index in [0.29, 0.717) is 12.0 Å². The number of aliphatic carboxylic acids is 1. The van der Waals surface area contributed by atoms with Crippen LogP contribution >= 0.6 is 0 Å². The van der Waals surface area contributed by atoms with E-state index in [9.17, 15) is 14.0 Å². The summed E-state index contributed by atoms with van der Waals surface area (Å²) in [5.74, 6) is -1.76. The average molecular weight is 225 g/mol. The molecule has 1 unspecified atom stereocenters. The van der Waals surface area contributed by atoms with Crippen molar-refractivity contribution in [2.75, 3.05) is 5.32 Å². The number of halogens is 1. The van der Waals surface area contributed by atoms with E-state index in [1.807, 2.05) is 0 Å². The topological polar surface area (TPSA) is 66.4 Å². The number of nitrogens with one attached hydrogen (secondary N) is 1. The molecule has 0 aliphatic heterocycles. The standard InChI is InChI=1S/C11H12FNO3/c1-7(4-11(15)16)8-2-3-10(13-6-14)9(12)5-8/h2-3,5-7H,4H2,1H3,(H,13,14)(H,15,16). The Morgan fingerprint density at radius 1 is 1.62 bits per heavy atom. The predicted molar refractivity (Wildman–Crippen MR) is 56.8 cm³/mol. The Morgan fingerprint density at radius 2 is 2.31 bits per heavy atom. The lowest BCUT2D eigenvalue weighted by Crippen LogP contribution is -2.04. The molecule has 2 N–H and O–H groups in total. The predicted octanol–water partition coefficient (Wildman–Crippen LogP) is 1.97. The van der Waals surface area contributed by atoms with E-state index in [1.54, 1.807) is 13.0 Å². The van der Waals surface area contributed by atoms with Crippen molar-refractivity contribution in [1.82, 2.24) is 0 Å². The number of amides is 1. The van der Waals surface area contributed by atoms with Crippen molar-refractivity contribution in [2.24, 2.45) is 0 Å². The zero-order valence-electron chi connectivity index (χ0n) is 8.74. The van der Waals surface area contributed by atoms with Crippen LogP contribution in [-0.2, 0) is 9.59 Å². The molecule has 0 spiro atoms. The van der Waals surface area contributed by atoms with Crippen molar-refractivity contribution in [3.8, 4) is 0 Å². The summed E-state index contributed by atoms with van der Waals surface area (Å²) < 4.78 is 13.4. The fourth-order valence-electron chi connectivity index (χ4n) is 1.40. The SMILES string of the molecule is CC(CC(=O)O)c1ccc(NC=O)c(F)c1. The monoisotopic (exact) mass is 225 g/mol. The van der Waals surface area contributed by atoms with Gasteiger partial charge in [-0.1, -0.05) is 13.0 Å². The first-order valence-electron chi connectivity index (χ1n) is 4.76. The molecule has 0 saturated carbocycles. The normalized spacial score (nSPS) is 11.9. The lowest BCUT2D eigenvalue weighted by atomic mass is 9.97. The van der Waals surface area contributed by atoms with Crippen LogP contribution < -0.4 is 5.32 Å². The van der Waals surface area contributed by atoms with Gasteiger partial charge in [-0.2, -0.15) is 0 Å². The second-order valence-electron chi connectivity index (χ2n) is 3.50. The number of anilines is 1. The van der Waals surface area contributed by atoms with Gasteiger partial charge >= 0.3 is 5.97 Å². The Morgan fingerprint density at radius 3 is 2.81 bits per heavy atom. The second-order valence-corrected chi connectivity index (χ2v) is 3.50. The Hall–Kier alpha value is -1.91. The molecule has 0 aliphatic carbocycles. The van der Waals surface area contributed by atoms with E-state index in [1.165, 1.54) is 12.1 Å². The minimum absolute atomic E-state index is 0.0557. The summed E-state index contributed by atoms with van der Waals surface area (Å²) in [6.45, 7) is 1.70. The van der Waals surface area contributed by atoms with Crippen LogP contribution in [0, 0.1) is 5.82 Å². The molecular weight excluding hydrogens is 213 g/mol. The molecule has 1 amide bonds. The highest BCUT2D eigenvalue weighted by molar-refractivity contribution is 5.72. The maximum atomic E-state index is 13.4. The van der Waals surface area contributed by atoms with Gasteiger partial charge in [0.2, 0.25) is 6.41 Å². The Balaban J connectivity index is 2.87. The van der Waals surface area contributed by atoms with Crippen molar-refractivity contribution in [3.63, 3.8) is 0 Å². The van der Waals surface area contributed by atoms with E-state index < -0.39 is 11.8 Å². The summed E-state index contributed by atoms with van der Waals surface area (Å²) in [6, 6.07) is 4.25. The van der Waals surface area contributed by atoms with Crippen molar-refractivity contribution < 1.29 is 19.1 Å². The number of hydrogen-bond donors (Lipinski definition) is 2. The van der Waals surface area contributed by atoms with E-state index in [-0.39, 0.29) is 18.0 Å². The molecule has 16 heavy (non-hydrogen) atoms. The van der Waals surface area contributed by atoms with Gasteiger partial charge in [0, 0.05) is 0 Å². The van der Waals surface area contributed by atoms with Gasteiger partial charge in [0.25, 0.3) is 0 Å². The van der Waals surface area contributed by atoms with Gasteiger partial charge in [-0.3, -0.25) is 9.59 Å². The quantitative estimate of drug-likeness (QED) is 0.753. The Bertz CT molecular complexity index is 406. The molecule has 1 atom stereocenters. The highest BCUT2D eigenvalue weighted by atomic mass is 19.1. The summed E-state index contributed by atoms with van der Waals surface area (Å²) in [4.78, 5) is 20.6. The lowest BCUT2D eigenvalue weighted by molar-refractivity contribution is -0.137.